The molecule has 0 atom stereocenters. The first-order valence-electron chi connectivity index (χ1n) is 6.38. The fourth-order valence-corrected chi connectivity index (χ4v) is 2.36. The van der Waals surface area contributed by atoms with Crippen LogP contribution in [0, 0.1) is 0 Å². The van der Waals surface area contributed by atoms with Crippen molar-refractivity contribution in [3.8, 4) is 0 Å². The minimum absolute atomic E-state index is 0. The molecule has 0 unspecified atom stereocenters. The minimum Gasteiger partial charge on any atom is -0.335 e. The number of rotatable bonds is 1. The maximum atomic E-state index is 12.3. The summed E-state index contributed by atoms with van der Waals surface area (Å²) in [6.45, 7) is 2.94. The normalized spacial score (nSPS) is 14.9. The first-order chi connectivity index (χ1) is 9.25. The summed E-state index contributed by atoms with van der Waals surface area (Å²) in [5.41, 5.74) is 0.155. The molecule has 0 saturated carbocycles. The van der Waals surface area contributed by atoms with E-state index in [1.54, 1.807) is 17.0 Å². The quantitative estimate of drug-likeness (QED) is 0.824. The largest absolute Gasteiger partial charge is 0.335 e. The predicted octanol–water partition coefficient (Wildman–Crippen LogP) is 0.995. The van der Waals surface area contributed by atoms with E-state index >= 15 is 0 Å². The van der Waals surface area contributed by atoms with E-state index in [0.29, 0.717) is 24.2 Å². The number of nitrogens with one attached hydrogen (secondary N) is 2. The lowest BCUT2D eigenvalue weighted by Gasteiger charge is -2.27. The minimum atomic E-state index is -0.211. The van der Waals surface area contributed by atoms with Gasteiger partial charge < -0.3 is 15.2 Å². The molecular formula is C14H16ClN3O2. The van der Waals surface area contributed by atoms with E-state index in [1.165, 1.54) is 0 Å². The van der Waals surface area contributed by atoms with Gasteiger partial charge in [-0.25, -0.2) is 0 Å². The van der Waals surface area contributed by atoms with Crippen LogP contribution in [-0.2, 0) is 0 Å². The van der Waals surface area contributed by atoms with Crippen LogP contribution in [0.25, 0.3) is 10.8 Å². The number of fused-ring (bicyclic) bond motifs is 1. The lowest BCUT2D eigenvalue weighted by atomic mass is 10.1. The van der Waals surface area contributed by atoms with Crippen molar-refractivity contribution in [2.75, 3.05) is 26.2 Å². The number of aromatic nitrogens is 1. The molecule has 3 rings (SSSR count). The van der Waals surface area contributed by atoms with Gasteiger partial charge in [0, 0.05) is 31.6 Å². The Morgan fingerprint density at radius 1 is 1.15 bits per heavy atom. The van der Waals surface area contributed by atoms with E-state index in [-0.39, 0.29) is 23.9 Å². The Morgan fingerprint density at radius 2 is 1.85 bits per heavy atom. The van der Waals surface area contributed by atoms with Crippen LogP contribution in [0.4, 0.5) is 0 Å². The van der Waals surface area contributed by atoms with E-state index in [0.717, 1.165) is 18.5 Å². The average Bonchev–Trinajstić information content (AvgIpc) is 2.47. The topological polar surface area (TPSA) is 65.2 Å². The molecule has 1 aromatic heterocycles. The maximum absolute atomic E-state index is 12.3. The molecule has 1 aromatic carbocycles. The molecule has 0 aliphatic carbocycles. The molecule has 0 bridgehead atoms. The summed E-state index contributed by atoms with van der Waals surface area (Å²) in [5.74, 6) is -0.107. The number of benzene rings is 1. The van der Waals surface area contributed by atoms with E-state index in [2.05, 4.69) is 10.3 Å². The lowest BCUT2D eigenvalue weighted by Crippen LogP contribution is -2.46. The highest BCUT2D eigenvalue weighted by atomic mass is 35.5. The number of nitrogens with zero attached hydrogens (tertiary/aromatic N) is 1. The third-order valence-electron chi connectivity index (χ3n) is 3.39. The van der Waals surface area contributed by atoms with Gasteiger partial charge in [0.1, 0.15) is 5.69 Å². The Hall–Kier alpha value is -1.85. The van der Waals surface area contributed by atoms with Crippen LogP contribution in [0.5, 0.6) is 0 Å². The Labute approximate surface area is 122 Å². The molecule has 1 aliphatic heterocycles. The number of carbonyl (C=O) groups is 1. The van der Waals surface area contributed by atoms with Crippen LogP contribution in [0.1, 0.15) is 10.5 Å². The van der Waals surface area contributed by atoms with Gasteiger partial charge in [-0.3, -0.25) is 9.59 Å². The molecule has 2 heterocycles. The van der Waals surface area contributed by atoms with Gasteiger partial charge >= 0.3 is 0 Å². The number of hydrogen-bond acceptors (Lipinski definition) is 3. The Bertz CT molecular complexity index is 677. The summed E-state index contributed by atoms with van der Waals surface area (Å²) in [6, 6.07) is 9.03. The van der Waals surface area contributed by atoms with Crippen LogP contribution in [0.3, 0.4) is 0 Å². The molecule has 20 heavy (non-hydrogen) atoms. The second kappa shape index (κ2) is 6.07. The highest BCUT2D eigenvalue weighted by molar-refractivity contribution is 5.96. The lowest BCUT2D eigenvalue weighted by molar-refractivity contribution is 0.0730. The van der Waals surface area contributed by atoms with Crippen LogP contribution in [0.15, 0.2) is 35.1 Å². The fourth-order valence-electron chi connectivity index (χ4n) is 2.36. The number of amides is 1. The molecular weight excluding hydrogens is 278 g/mol. The first kappa shape index (κ1) is 14.6. The van der Waals surface area contributed by atoms with E-state index in [9.17, 15) is 9.59 Å². The number of hydrogen-bond donors (Lipinski definition) is 2. The van der Waals surface area contributed by atoms with Gasteiger partial charge in [-0.2, -0.15) is 0 Å². The average molecular weight is 294 g/mol. The number of piperazine rings is 1. The molecule has 5 nitrogen and oxygen atoms in total. The van der Waals surface area contributed by atoms with Crippen LogP contribution in [-0.4, -0.2) is 42.0 Å². The summed E-state index contributed by atoms with van der Waals surface area (Å²) >= 11 is 0. The maximum Gasteiger partial charge on any atom is 0.270 e. The molecule has 1 fully saturated rings. The van der Waals surface area contributed by atoms with Gasteiger partial charge in [0.25, 0.3) is 11.5 Å². The van der Waals surface area contributed by atoms with Gasteiger partial charge in [0.15, 0.2) is 0 Å². The Morgan fingerprint density at radius 3 is 2.60 bits per heavy atom. The smallest absolute Gasteiger partial charge is 0.270 e. The van der Waals surface area contributed by atoms with Crippen molar-refractivity contribution in [1.82, 2.24) is 15.2 Å². The van der Waals surface area contributed by atoms with Crippen molar-refractivity contribution in [3.63, 3.8) is 0 Å². The molecule has 1 aliphatic rings. The standard InChI is InChI=1S/C14H15N3O2.ClH/c18-13-11-4-2-1-3-10(11)9-12(16-13)14(19)17-7-5-15-6-8-17;/h1-4,9,15H,5-8H2,(H,16,18);1H. The Balaban J connectivity index is 0.00000147. The van der Waals surface area contributed by atoms with Gasteiger partial charge in [0.05, 0.1) is 0 Å². The van der Waals surface area contributed by atoms with E-state index in [1.807, 2.05) is 18.2 Å². The number of carbonyl (C=O) groups excluding carboxylic acids is 1. The van der Waals surface area contributed by atoms with E-state index < -0.39 is 0 Å². The SMILES string of the molecule is Cl.O=C(c1cc2ccccc2c(=O)[nH]1)N1CCNCC1. The number of pyridine rings is 1. The molecule has 6 heteroatoms. The van der Waals surface area contributed by atoms with E-state index in [4.69, 9.17) is 0 Å². The third-order valence-corrected chi connectivity index (χ3v) is 3.39. The third kappa shape index (κ3) is 2.69. The molecule has 0 radical (unpaired) electrons. The zero-order chi connectivity index (χ0) is 13.2. The number of halogens is 1. The van der Waals surface area contributed by atoms with Gasteiger partial charge in [-0.05, 0) is 17.5 Å². The zero-order valence-corrected chi connectivity index (χ0v) is 11.7. The summed E-state index contributed by atoms with van der Waals surface area (Å²) in [7, 11) is 0. The van der Waals surface area contributed by atoms with Crippen molar-refractivity contribution in [1.29, 1.82) is 0 Å². The summed E-state index contributed by atoms with van der Waals surface area (Å²) in [4.78, 5) is 28.7. The number of aromatic amines is 1. The van der Waals surface area contributed by atoms with Crippen LogP contribution in [0.2, 0.25) is 0 Å². The fraction of sp³-hybridized carbons (Fsp3) is 0.286. The Kier molecular flexibility index (Phi) is 4.42. The molecule has 106 valence electrons. The monoisotopic (exact) mass is 293 g/mol. The van der Waals surface area contributed by atoms with Crippen molar-refractivity contribution >= 4 is 29.1 Å². The second-order valence-corrected chi connectivity index (χ2v) is 4.64. The predicted molar refractivity (Wildman–Crippen MR) is 80.6 cm³/mol. The van der Waals surface area contributed by atoms with Crippen LogP contribution < -0.4 is 10.9 Å². The highest BCUT2D eigenvalue weighted by Crippen LogP contribution is 2.11. The molecule has 1 saturated heterocycles. The molecule has 1 amide bonds. The number of H-pyrrole nitrogens is 1. The van der Waals surface area contributed by atoms with Gasteiger partial charge in [0.2, 0.25) is 0 Å². The van der Waals surface area contributed by atoms with Crippen molar-refractivity contribution < 1.29 is 4.79 Å². The molecule has 2 aromatic rings. The van der Waals surface area contributed by atoms with Gasteiger partial charge in [-0.1, -0.05) is 18.2 Å². The highest BCUT2D eigenvalue weighted by Gasteiger charge is 2.19. The van der Waals surface area contributed by atoms with Crippen molar-refractivity contribution in [3.05, 3.63) is 46.4 Å². The summed E-state index contributed by atoms with van der Waals surface area (Å²) in [6.07, 6.45) is 0. The second-order valence-electron chi connectivity index (χ2n) is 4.64. The zero-order valence-electron chi connectivity index (χ0n) is 10.9. The van der Waals surface area contributed by atoms with Crippen LogP contribution >= 0.6 is 12.4 Å². The van der Waals surface area contributed by atoms with Crippen molar-refractivity contribution in [2.45, 2.75) is 0 Å². The van der Waals surface area contributed by atoms with Crippen molar-refractivity contribution in [2.24, 2.45) is 0 Å². The summed E-state index contributed by atoms with van der Waals surface area (Å²) < 4.78 is 0. The van der Waals surface area contributed by atoms with Gasteiger partial charge in [-0.15, -0.1) is 12.4 Å². The molecule has 2 N–H and O–H groups in total. The first-order valence-corrected chi connectivity index (χ1v) is 6.38. The molecule has 0 spiro atoms. The summed E-state index contributed by atoms with van der Waals surface area (Å²) in [5, 5.41) is 4.60.